The van der Waals surface area contributed by atoms with Crippen LogP contribution in [0.5, 0.6) is 5.75 Å². The molecule has 7 heteroatoms. The molecule has 2 saturated heterocycles. The number of piperidine rings is 1. The lowest BCUT2D eigenvalue weighted by atomic mass is 10.0. The average molecular weight is 509 g/mol. The predicted octanol–water partition coefficient (Wildman–Crippen LogP) is 3.86. The standard InChI is InChI=1S/C31H32N4O3/c1-21-12-15-28(30(36)33-21)35-18-23-16-25(13-14-26(23)31(35)37)38-29-20-34(24-10-6-3-7-11-24)19-27(29)32-17-22-8-4-2-5-9-22/h2-11,13-14,16,27-29,32H,1,12,15,17-20H2,(H,33,36). The fraction of sp³-hybridized carbons (Fsp3) is 0.290. The smallest absolute Gasteiger partial charge is 0.255 e. The molecule has 3 aliphatic rings. The number of carbonyl (C=O) groups excluding carboxylic acids is 2. The minimum atomic E-state index is -0.467. The van der Waals surface area contributed by atoms with Crippen LogP contribution in [0.2, 0.25) is 0 Å². The molecule has 0 aliphatic carbocycles. The maximum atomic E-state index is 13.1. The first-order valence-corrected chi connectivity index (χ1v) is 13.2. The van der Waals surface area contributed by atoms with Crippen molar-refractivity contribution in [2.75, 3.05) is 18.0 Å². The van der Waals surface area contributed by atoms with Gasteiger partial charge in [-0.15, -0.1) is 0 Å². The number of nitrogens with zero attached hydrogens (tertiary/aromatic N) is 2. The fourth-order valence-electron chi connectivity index (χ4n) is 5.66. The molecule has 3 aromatic rings. The van der Waals surface area contributed by atoms with Gasteiger partial charge in [0, 0.05) is 36.6 Å². The van der Waals surface area contributed by atoms with Gasteiger partial charge in [-0.3, -0.25) is 9.59 Å². The van der Waals surface area contributed by atoms with Gasteiger partial charge in [0.15, 0.2) is 0 Å². The Morgan fingerprint density at radius 3 is 2.50 bits per heavy atom. The second kappa shape index (κ2) is 10.3. The number of hydrogen-bond donors (Lipinski definition) is 2. The van der Waals surface area contributed by atoms with E-state index in [1.54, 1.807) is 4.90 Å². The lowest BCUT2D eigenvalue weighted by Gasteiger charge is -2.30. The van der Waals surface area contributed by atoms with E-state index in [0.29, 0.717) is 30.6 Å². The molecule has 0 aromatic heterocycles. The summed E-state index contributed by atoms with van der Waals surface area (Å²) < 4.78 is 6.58. The lowest BCUT2D eigenvalue weighted by Crippen LogP contribution is -2.49. The van der Waals surface area contributed by atoms with Gasteiger partial charge in [0.25, 0.3) is 5.91 Å². The summed E-state index contributed by atoms with van der Waals surface area (Å²) in [6.07, 6.45) is 1.21. The highest BCUT2D eigenvalue weighted by molar-refractivity contribution is 6.01. The normalized spacial score (nSPS) is 22.9. The summed E-state index contributed by atoms with van der Waals surface area (Å²) in [5, 5.41) is 6.50. The number of rotatable bonds is 7. The monoisotopic (exact) mass is 508 g/mol. The van der Waals surface area contributed by atoms with Gasteiger partial charge in [-0.05, 0) is 54.3 Å². The van der Waals surface area contributed by atoms with Gasteiger partial charge >= 0.3 is 0 Å². The highest BCUT2D eigenvalue weighted by atomic mass is 16.5. The predicted molar refractivity (Wildman–Crippen MR) is 147 cm³/mol. The molecule has 7 nitrogen and oxygen atoms in total. The molecule has 3 aliphatic heterocycles. The van der Waals surface area contributed by atoms with Crippen molar-refractivity contribution < 1.29 is 14.3 Å². The van der Waals surface area contributed by atoms with Crippen LogP contribution in [0.3, 0.4) is 0 Å². The van der Waals surface area contributed by atoms with Crippen LogP contribution in [0.15, 0.2) is 91.1 Å². The summed E-state index contributed by atoms with van der Waals surface area (Å²) in [7, 11) is 0. The number of hydrogen-bond acceptors (Lipinski definition) is 5. The molecule has 2 amide bonds. The Labute approximate surface area is 223 Å². The van der Waals surface area contributed by atoms with Gasteiger partial charge in [0.2, 0.25) is 5.91 Å². The Hall–Kier alpha value is -4.10. The van der Waals surface area contributed by atoms with E-state index in [1.165, 1.54) is 11.3 Å². The van der Waals surface area contributed by atoms with Crippen molar-refractivity contribution in [2.45, 2.75) is 44.1 Å². The fourth-order valence-corrected chi connectivity index (χ4v) is 5.66. The molecule has 194 valence electrons. The first kappa shape index (κ1) is 24.2. The van der Waals surface area contributed by atoms with Crippen LogP contribution in [-0.2, 0) is 17.9 Å². The third kappa shape index (κ3) is 4.89. The van der Waals surface area contributed by atoms with Crippen LogP contribution in [0, 0.1) is 0 Å². The van der Waals surface area contributed by atoms with Gasteiger partial charge in [0.1, 0.15) is 17.9 Å². The zero-order valence-corrected chi connectivity index (χ0v) is 21.3. The van der Waals surface area contributed by atoms with E-state index >= 15 is 0 Å². The molecule has 6 rings (SSSR count). The quantitative estimate of drug-likeness (QED) is 0.507. The second-order valence-electron chi connectivity index (χ2n) is 10.3. The summed E-state index contributed by atoms with van der Waals surface area (Å²) in [6, 6.07) is 26.1. The number of amides is 2. The zero-order valence-electron chi connectivity index (χ0n) is 21.3. The number of nitrogens with one attached hydrogen (secondary N) is 2. The zero-order chi connectivity index (χ0) is 26.1. The summed E-state index contributed by atoms with van der Waals surface area (Å²) in [4.78, 5) is 29.7. The van der Waals surface area contributed by atoms with Crippen molar-refractivity contribution in [1.82, 2.24) is 15.5 Å². The highest BCUT2D eigenvalue weighted by Gasteiger charge is 2.39. The third-order valence-corrected chi connectivity index (χ3v) is 7.69. The number of allylic oxidation sites excluding steroid dienone is 1. The number of fused-ring (bicyclic) bond motifs is 1. The van der Waals surface area contributed by atoms with Crippen molar-refractivity contribution in [3.8, 4) is 5.75 Å². The molecule has 38 heavy (non-hydrogen) atoms. The van der Waals surface area contributed by atoms with E-state index in [9.17, 15) is 9.59 Å². The molecular weight excluding hydrogens is 476 g/mol. The Morgan fingerprint density at radius 1 is 0.974 bits per heavy atom. The van der Waals surface area contributed by atoms with Crippen molar-refractivity contribution in [1.29, 1.82) is 0 Å². The Balaban J connectivity index is 1.18. The lowest BCUT2D eigenvalue weighted by molar-refractivity contribution is -0.126. The number of para-hydroxylation sites is 1. The van der Waals surface area contributed by atoms with Crippen molar-refractivity contribution >= 4 is 17.5 Å². The molecular formula is C31H32N4O3. The number of carbonyl (C=O) groups is 2. The Kier molecular flexibility index (Phi) is 6.60. The van der Waals surface area contributed by atoms with E-state index in [4.69, 9.17) is 4.74 Å². The summed E-state index contributed by atoms with van der Waals surface area (Å²) in [5.74, 6) is 0.488. The molecule has 3 atom stereocenters. The molecule has 0 radical (unpaired) electrons. The SMILES string of the molecule is C=C1CCC(N2Cc3cc(OC4CN(c5ccccc5)CC4NCc4ccccc4)ccc3C2=O)C(=O)N1. The van der Waals surface area contributed by atoms with Crippen molar-refractivity contribution in [3.05, 3.63) is 108 Å². The molecule has 0 bridgehead atoms. The van der Waals surface area contributed by atoms with Gasteiger partial charge < -0.3 is 25.2 Å². The van der Waals surface area contributed by atoms with Crippen molar-refractivity contribution in [3.63, 3.8) is 0 Å². The van der Waals surface area contributed by atoms with Crippen LogP contribution in [0.25, 0.3) is 0 Å². The van der Waals surface area contributed by atoms with Gasteiger partial charge in [-0.1, -0.05) is 55.1 Å². The first-order valence-electron chi connectivity index (χ1n) is 13.2. The van der Waals surface area contributed by atoms with Crippen LogP contribution in [0.1, 0.15) is 34.3 Å². The van der Waals surface area contributed by atoms with Gasteiger partial charge in [-0.25, -0.2) is 0 Å². The molecule has 0 spiro atoms. The molecule has 2 N–H and O–H groups in total. The topological polar surface area (TPSA) is 73.9 Å². The molecule has 0 saturated carbocycles. The third-order valence-electron chi connectivity index (χ3n) is 7.69. The van der Waals surface area contributed by atoms with E-state index in [-0.39, 0.29) is 24.0 Å². The molecule has 3 unspecified atom stereocenters. The van der Waals surface area contributed by atoms with Crippen LogP contribution in [0.4, 0.5) is 5.69 Å². The van der Waals surface area contributed by atoms with Crippen LogP contribution in [-0.4, -0.2) is 48.0 Å². The highest BCUT2D eigenvalue weighted by Crippen LogP contribution is 2.32. The summed E-state index contributed by atoms with van der Waals surface area (Å²) in [5.41, 5.74) is 4.66. The van der Waals surface area contributed by atoms with Gasteiger partial charge in [-0.2, -0.15) is 0 Å². The molecule has 3 aromatic carbocycles. The molecule has 2 fully saturated rings. The van der Waals surface area contributed by atoms with Crippen LogP contribution < -0.4 is 20.3 Å². The largest absolute Gasteiger partial charge is 0.487 e. The summed E-state index contributed by atoms with van der Waals surface area (Å²) in [6.45, 7) is 6.60. The van der Waals surface area contributed by atoms with E-state index in [1.807, 2.05) is 30.3 Å². The maximum Gasteiger partial charge on any atom is 0.255 e. The Morgan fingerprint density at radius 2 is 1.74 bits per heavy atom. The van der Waals surface area contributed by atoms with E-state index in [2.05, 4.69) is 70.6 Å². The van der Waals surface area contributed by atoms with Crippen molar-refractivity contribution in [2.24, 2.45) is 0 Å². The summed E-state index contributed by atoms with van der Waals surface area (Å²) >= 11 is 0. The number of benzene rings is 3. The second-order valence-corrected chi connectivity index (χ2v) is 10.3. The van der Waals surface area contributed by atoms with E-state index in [0.717, 1.165) is 30.9 Å². The minimum Gasteiger partial charge on any atom is -0.487 e. The minimum absolute atomic E-state index is 0.0692. The maximum absolute atomic E-state index is 13.1. The molecule has 3 heterocycles. The van der Waals surface area contributed by atoms with Gasteiger partial charge in [0.05, 0.1) is 12.6 Å². The first-order chi connectivity index (χ1) is 18.5. The number of anilines is 1. The number of ether oxygens (including phenoxy) is 1. The van der Waals surface area contributed by atoms with E-state index < -0.39 is 6.04 Å². The Bertz CT molecular complexity index is 1340. The van der Waals surface area contributed by atoms with Crippen LogP contribution >= 0.6 is 0 Å². The average Bonchev–Trinajstić information content (AvgIpc) is 3.49.